The molecule has 4 aromatic rings. The van der Waals surface area contributed by atoms with Gasteiger partial charge in [-0.05, 0) is 67.8 Å². The second-order valence-corrected chi connectivity index (χ2v) is 11.4. The van der Waals surface area contributed by atoms with Crippen LogP contribution in [0.5, 0.6) is 0 Å². The minimum absolute atomic E-state index is 0.231. The number of benzene rings is 4. The Morgan fingerprint density at radius 3 is 2.14 bits per heavy atom. The fraction of sp³-hybridized carbons (Fsp3) is 0.257. The number of amides is 4. The van der Waals surface area contributed by atoms with Crippen molar-refractivity contribution in [1.29, 1.82) is 0 Å². The van der Waals surface area contributed by atoms with Crippen LogP contribution in [0.2, 0.25) is 0 Å². The Morgan fingerprint density at radius 2 is 1.39 bits per heavy atom. The highest BCUT2D eigenvalue weighted by Crippen LogP contribution is 2.20. The maximum Gasteiger partial charge on any atom is 0.407 e. The molecule has 228 valence electrons. The predicted molar refractivity (Wildman–Crippen MR) is 172 cm³/mol. The van der Waals surface area contributed by atoms with Gasteiger partial charge in [-0.3, -0.25) is 14.4 Å². The minimum Gasteiger partial charge on any atom is -0.444 e. The van der Waals surface area contributed by atoms with E-state index in [1.807, 2.05) is 60.7 Å². The van der Waals surface area contributed by atoms with E-state index < -0.39 is 23.6 Å². The van der Waals surface area contributed by atoms with Crippen molar-refractivity contribution < 1.29 is 23.9 Å². The molecule has 0 fully saturated rings. The van der Waals surface area contributed by atoms with Crippen LogP contribution in [0.3, 0.4) is 0 Å². The maximum absolute atomic E-state index is 13.5. The number of hydrogen-bond acceptors (Lipinski definition) is 5. The van der Waals surface area contributed by atoms with E-state index in [-0.39, 0.29) is 30.3 Å². The highest BCUT2D eigenvalue weighted by Gasteiger charge is 2.24. The van der Waals surface area contributed by atoms with E-state index in [2.05, 4.69) is 21.3 Å². The molecule has 0 radical (unpaired) electrons. The van der Waals surface area contributed by atoms with Crippen molar-refractivity contribution >= 4 is 40.3 Å². The van der Waals surface area contributed by atoms with Crippen molar-refractivity contribution in [3.63, 3.8) is 0 Å². The highest BCUT2D eigenvalue weighted by molar-refractivity contribution is 6.10. The van der Waals surface area contributed by atoms with Crippen LogP contribution in [-0.4, -0.2) is 48.5 Å². The number of rotatable bonds is 11. The number of fused-ring (bicyclic) bond motifs is 1. The first kappa shape index (κ1) is 31.7. The van der Waals surface area contributed by atoms with Gasteiger partial charge in [-0.15, -0.1) is 0 Å². The number of anilines is 1. The van der Waals surface area contributed by atoms with E-state index in [0.29, 0.717) is 24.2 Å². The topological polar surface area (TPSA) is 126 Å². The van der Waals surface area contributed by atoms with Gasteiger partial charge < -0.3 is 26.0 Å². The zero-order chi connectivity index (χ0) is 31.5. The lowest BCUT2D eigenvalue weighted by atomic mass is 10.0. The van der Waals surface area contributed by atoms with Crippen LogP contribution in [0.4, 0.5) is 10.5 Å². The van der Waals surface area contributed by atoms with Gasteiger partial charge in [-0.1, -0.05) is 72.8 Å². The molecule has 0 saturated heterocycles. The second kappa shape index (κ2) is 14.8. The third kappa shape index (κ3) is 9.42. The number of carbonyl (C=O) groups excluding carboxylic acids is 4. The molecule has 0 aromatic heterocycles. The summed E-state index contributed by atoms with van der Waals surface area (Å²) >= 11 is 0. The Balaban J connectivity index is 1.41. The van der Waals surface area contributed by atoms with Crippen molar-refractivity contribution in [3.8, 4) is 0 Å². The largest absolute Gasteiger partial charge is 0.444 e. The molecule has 0 unspecified atom stereocenters. The fourth-order valence-corrected chi connectivity index (χ4v) is 4.54. The van der Waals surface area contributed by atoms with Gasteiger partial charge in [0, 0.05) is 25.1 Å². The van der Waals surface area contributed by atoms with Gasteiger partial charge in [0.25, 0.3) is 11.8 Å². The molecule has 4 rings (SSSR count). The Morgan fingerprint density at radius 1 is 0.727 bits per heavy atom. The quantitative estimate of drug-likeness (QED) is 0.172. The Bertz CT molecular complexity index is 1610. The SMILES string of the molecule is CC(C)(C)OC(=O)NCCCNC(=O)[C@H](Cc1ccccc1)NC(=O)c1ccccc1NC(=O)c1ccc2ccccc2c1. The molecule has 9 heteroatoms. The number of para-hydroxylation sites is 1. The first-order valence-corrected chi connectivity index (χ1v) is 14.6. The van der Waals surface area contributed by atoms with Gasteiger partial charge in [-0.25, -0.2) is 4.79 Å². The summed E-state index contributed by atoms with van der Waals surface area (Å²) < 4.78 is 5.22. The van der Waals surface area contributed by atoms with E-state index in [1.165, 1.54) is 0 Å². The van der Waals surface area contributed by atoms with Crippen LogP contribution in [0.25, 0.3) is 10.8 Å². The summed E-state index contributed by atoms with van der Waals surface area (Å²) in [5, 5.41) is 13.2. The van der Waals surface area contributed by atoms with Crippen molar-refractivity contribution in [2.45, 2.75) is 45.3 Å². The summed E-state index contributed by atoms with van der Waals surface area (Å²) in [6.07, 6.45) is 0.213. The maximum atomic E-state index is 13.5. The predicted octanol–water partition coefficient (Wildman–Crippen LogP) is 5.46. The molecule has 0 heterocycles. The van der Waals surface area contributed by atoms with Crippen molar-refractivity contribution in [2.75, 3.05) is 18.4 Å². The normalized spacial score (nSPS) is 11.7. The summed E-state index contributed by atoms with van der Waals surface area (Å²) in [5.41, 5.74) is 1.29. The minimum atomic E-state index is -0.882. The van der Waals surface area contributed by atoms with Crippen LogP contribution >= 0.6 is 0 Å². The van der Waals surface area contributed by atoms with E-state index in [9.17, 15) is 19.2 Å². The standard InChI is InChI=1S/C35H38N4O5/c1-35(2,3)44-34(43)37-21-11-20-36-33(42)30(22-24-12-5-4-6-13-24)39-32(41)28-16-9-10-17-29(28)38-31(40)27-19-18-25-14-7-8-15-26(25)23-27/h4-10,12-19,23,30H,11,20-22H2,1-3H3,(H,36,42)(H,37,43)(H,38,40)(H,39,41)/t30-/m0/s1. The lowest BCUT2D eigenvalue weighted by molar-refractivity contribution is -0.122. The number of carbonyl (C=O) groups is 4. The average Bonchev–Trinajstić information content (AvgIpc) is 3.00. The van der Waals surface area contributed by atoms with Crippen molar-refractivity contribution in [3.05, 3.63) is 114 Å². The fourth-order valence-electron chi connectivity index (χ4n) is 4.54. The first-order chi connectivity index (χ1) is 21.1. The molecule has 4 aromatic carbocycles. The van der Waals surface area contributed by atoms with E-state index in [0.717, 1.165) is 16.3 Å². The number of hydrogen-bond donors (Lipinski definition) is 4. The zero-order valence-corrected chi connectivity index (χ0v) is 25.2. The monoisotopic (exact) mass is 594 g/mol. The van der Waals surface area contributed by atoms with E-state index >= 15 is 0 Å². The Hall–Kier alpha value is -5.18. The zero-order valence-electron chi connectivity index (χ0n) is 25.2. The van der Waals surface area contributed by atoms with Gasteiger partial charge in [0.05, 0.1) is 11.3 Å². The van der Waals surface area contributed by atoms with Crippen LogP contribution in [0, 0.1) is 0 Å². The molecule has 0 saturated carbocycles. The molecule has 0 aliphatic heterocycles. The molecular weight excluding hydrogens is 556 g/mol. The first-order valence-electron chi connectivity index (χ1n) is 14.6. The molecule has 4 N–H and O–H groups in total. The third-order valence-electron chi connectivity index (χ3n) is 6.66. The van der Waals surface area contributed by atoms with Crippen molar-refractivity contribution in [1.82, 2.24) is 16.0 Å². The average molecular weight is 595 g/mol. The number of alkyl carbamates (subject to hydrolysis) is 1. The van der Waals surface area contributed by atoms with Crippen LogP contribution < -0.4 is 21.3 Å². The summed E-state index contributed by atoms with van der Waals surface area (Å²) in [7, 11) is 0. The molecule has 0 aliphatic carbocycles. The van der Waals surface area contributed by atoms with E-state index in [4.69, 9.17) is 4.74 Å². The van der Waals surface area contributed by atoms with Gasteiger partial charge >= 0.3 is 6.09 Å². The molecule has 44 heavy (non-hydrogen) atoms. The van der Waals surface area contributed by atoms with Gasteiger partial charge in [0.1, 0.15) is 11.6 Å². The molecule has 0 bridgehead atoms. The number of nitrogens with one attached hydrogen (secondary N) is 4. The summed E-state index contributed by atoms with van der Waals surface area (Å²) in [4.78, 5) is 51.8. The second-order valence-electron chi connectivity index (χ2n) is 11.4. The lowest BCUT2D eigenvalue weighted by Gasteiger charge is -2.20. The summed E-state index contributed by atoms with van der Waals surface area (Å²) in [6, 6.07) is 28.4. The van der Waals surface area contributed by atoms with Crippen LogP contribution in [0.1, 0.15) is 53.5 Å². The highest BCUT2D eigenvalue weighted by atomic mass is 16.6. The Kier molecular flexibility index (Phi) is 10.7. The molecule has 0 aliphatic rings. The van der Waals surface area contributed by atoms with E-state index in [1.54, 1.807) is 57.2 Å². The third-order valence-corrected chi connectivity index (χ3v) is 6.66. The Labute approximate surface area is 257 Å². The van der Waals surface area contributed by atoms with Crippen molar-refractivity contribution in [2.24, 2.45) is 0 Å². The summed E-state index contributed by atoms with van der Waals surface area (Å²) in [5.74, 6) is -1.21. The molecule has 4 amide bonds. The molecule has 1 atom stereocenters. The number of ether oxygens (including phenoxy) is 1. The molecular formula is C35H38N4O5. The smallest absolute Gasteiger partial charge is 0.407 e. The molecule has 9 nitrogen and oxygen atoms in total. The van der Waals surface area contributed by atoms with Gasteiger partial charge in [0.15, 0.2) is 0 Å². The van der Waals surface area contributed by atoms with Crippen LogP contribution in [-0.2, 0) is 16.0 Å². The summed E-state index contributed by atoms with van der Waals surface area (Å²) in [6.45, 7) is 5.95. The molecule has 0 spiro atoms. The van der Waals surface area contributed by atoms with Crippen LogP contribution in [0.15, 0.2) is 97.1 Å². The lowest BCUT2D eigenvalue weighted by Crippen LogP contribution is -2.48. The van der Waals surface area contributed by atoms with Gasteiger partial charge in [-0.2, -0.15) is 0 Å². The van der Waals surface area contributed by atoms with Gasteiger partial charge in [0.2, 0.25) is 5.91 Å².